The highest BCUT2D eigenvalue weighted by molar-refractivity contribution is 5.96. The molecule has 1 amide bonds. The van der Waals surface area contributed by atoms with Gasteiger partial charge < -0.3 is 5.32 Å². The zero-order valence-electron chi connectivity index (χ0n) is 18.7. The molecule has 0 saturated heterocycles. The molecule has 0 aliphatic carbocycles. The van der Waals surface area contributed by atoms with E-state index < -0.39 is 0 Å². The fraction of sp³-hybridized carbons (Fsp3) is 0.208. The van der Waals surface area contributed by atoms with Crippen molar-refractivity contribution in [3.8, 4) is 11.1 Å². The van der Waals surface area contributed by atoms with Gasteiger partial charge in [0.1, 0.15) is 6.54 Å². The van der Waals surface area contributed by atoms with E-state index in [2.05, 4.69) is 37.7 Å². The number of hydrogen-bond donors (Lipinski definition) is 1. The molecule has 166 valence electrons. The van der Waals surface area contributed by atoms with Crippen LogP contribution in [0, 0.1) is 13.8 Å². The summed E-state index contributed by atoms with van der Waals surface area (Å²) in [4.78, 5) is 17.3. The van der Waals surface area contributed by atoms with E-state index >= 15 is 0 Å². The zero-order chi connectivity index (χ0) is 22.9. The van der Waals surface area contributed by atoms with Crippen molar-refractivity contribution in [3.05, 3.63) is 78.1 Å². The van der Waals surface area contributed by atoms with Crippen LogP contribution in [-0.2, 0) is 24.9 Å². The van der Waals surface area contributed by atoms with Gasteiger partial charge in [0.05, 0.1) is 29.8 Å². The van der Waals surface area contributed by atoms with Crippen molar-refractivity contribution in [2.24, 2.45) is 7.05 Å². The van der Waals surface area contributed by atoms with Crippen LogP contribution in [-0.4, -0.2) is 40.2 Å². The molecule has 5 rings (SSSR count). The van der Waals surface area contributed by atoms with Gasteiger partial charge in [0.2, 0.25) is 5.91 Å². The number of amides is 1. The summed E-state index contributed by atoms with van der Waals surface area (Å²) < 4.78 is 5.21. The minimum atomic E-state index is -0.191. The fourth-order valence-electron chi connectivity index (χ4n) is 4.08. The molecule has 0 aliphatic rings. The van der Waals surface area contributed by atoms with E-state index in [-0.39, 0.29) is 12.5 Å². The van der Waals surface area contributed by atoms with Crippen LogP contribution in [0.25, 0.3) is 22.2 Å². The molecule has 0 fully saturated rings. The molecule has 5 aromatic rings. The van der Waals surface area contributed by atoms with Gasteiger partial charge in [-0.2, -0.15) is 15.3 Å². The third kappa shape index (κ3) is 4.12. The SMILES string of the molecule is Cc1nn(C)cc1Cn1cc(NC(=O)Cn2nc(C)c3c(-c4ccccc4)ccnc32)cn1. The summed E-state index contributed by atoms with van der Waals surface area (Å²) in [5, 5.41) is 17.2. The van der Waals surface area contributed by atoms with Gasteiger partial charge >= 0.3 is 0 Å². The Morgan fingerprint density at radius 1 is 1.03 bits per heavy atom. The quantitative estimate of drug-likeness (QED) is 0.437. The van der Waals surface area contributed by atoms with Crippen LogP contribution in [0.15, 0.2) is 61.2 Å². The van der Waals surface area contributed by atoms with Crippen LogP contribution in [0.1, 0.15) is 17.0 Å². The van der Waals surface area contributed by atoms with Crippen molar-refractivity contribution in [2.75, 3.05) is 5.32 Å². The van der Waals surface area contributed by atoms with E-state index in [0.29, 0.717) is 17.9 Å². The fourth-order valence-corrected chi connectivity index (χ4v) is 4.08. The number of nitrogens with one attached hydrogen (secondary N) is 1. The maximum atomic E-state index is 12.8. The molecule has 0 saturated carbocycles. The first kappa shape index (κ1) is 20.6. The van der Waals surface area contributed by atoms with E-state index in [9.17, 15) is 4.79 Å². The van der Waals surface area contributed by atoms with Crippen molar-refractivity contribution in [3.63, 3.8) is 0 Å². The normalized spacial score (nSPS) is 11.2. The summed E-state index contributed by atoms with van der Waals surface area (Å²) in [5.41, 5.74) is 6.34. The molecule has 0 bridgehead atoms. The summed E-state index contributed by atoms with van der Waals surface area (Å²) in [5.74, 6) is -0.191. The van der Waals surface area contributed by atoms with Crippen molar-refractivity contribution in [1.82, 2.24) is 34.3 Å². The first-order valence-electron chi connectivity index (χ1n) is 10.7. The summed E-state index contributed by atoms with van der Waals surface area (Å²) >= 11 is 0. The Hall–Kier alpha value is -4.27. The van der Waals surface area contributed by atoms with Gasteiger partial charge in [-0.15, -0.1) is 0 Å². The van der Waals surface area contributed by atoms with Gasteiger partial charge in [-0.25, -0.2) is 9.67 Å². The highest BCUT2D eigenvalue weighted by Gasteiger charge is 2.16. The molecule has 0 aliphatic heterocycles. The minimum absolute atomic E-state index is 0.0580. The maximum absolute atomic E-state index is 12.8. The topological polar surface area (TPSA) is 95.5 Å². The van der Waals surface area contributed by atoms with Crippen LogP contribution in [0.5, 0.6) is 0 Å². The number of pyridine rings is 1. The second kappa shape index (κ2) is 8.34. The second-order valence-electron chi connectivity index (χ2n) is 8.05. The summed E-state index contributed by atoms with van der Waals surface area (Å²) in [6.07, 6.45) is 7.17. The largest absolute Gasteiger partial charge is 0.322 e. The Morgan fingerprint density at radius 3 is 2.61 bits per heavy atom. The van der Waals surface area contributed by atoms with Crippen molar-refractivity contribution < 1.29 is 4.79 Å². The first-order chi connectivity index (χ1) is 16.0. The van der Waals surface area contributed by atoms with Crippen LogP contribution < -0.4 is 5.32 Å². The average Bonchev–Trinajstić information content (AvgIpc) is 3.46. The van der Waals surface area contributed by atoms with Gasteiger partial charge in [0, 0.05) is 36.6 Å². The first-order valence-corrected chi connectivity index (χ1v) is 10.7. The van der Waals surface area contributed by atoms with Gasteiger partial charge in [-0.1, -0.05) is 30.3 Å². The standard InChI is InChI=1S/C24H24N8O/c1-16-19(12-30(3)28-16)13-31-14-20(11-26-31)27-22(33)15-32-24-23(17(2)29-32)21(9-10-25-24)18-7-5-4-6-8-18/h4-12,14H,13,15H2,1-3H3,(H,27,33). The summed E-state index contributed by atoms with van der Waals surface area (Å²) in [6, 6.07) is 12.1. The van der Waals surface area contributed by atoms with Gasteiger partial charge in [-0.3, -0.25) is 14.2 Å². The van der Waals surface area contributed by atoms with Crippen LogP contribution in [0.4, 0.5) is 5.69 Å². The summed E-state index contributed by atoms with van der Waals surface area (Å²) in [6.45, 7) is 4.55. The van der Waals surface area contributed by atoms with Gasteiger partial charge in [-0.05, 0) is 31.0 Å². The third-order valence-electron chi connectivity index (χ3n) is 5.55. The molecular formula is C24H24N8O. The molecule has 9 nitrogen and oxygen atoms in total. The Bertz CT molecular complexity index is 1440. The van der Waals surface area contributed by atoms with Crippen molar-refractivity contribution in [2.45, 2.75) is 26.9 Å². The molecule has 4 heterocycles. The molecule has 0 atom stereocenters. The predicted octanol–water partition coefficient (Wildman–Crippen LogP) is 3.33. The van der Waals surface area contributed by atoms with E-state index in [1.807, 2.05) is 57.6 Å². The number of nitrogens with zero attached hydrogens (tertiary/aromatic N) is 7. The third-order valence-corrected chi connectivity index (χ3v) is 5.55. The molecule has 33 heavy (non-hydrogen) atoms. The van der Waals surface area contributed by atoms with Crippen LogP contribution >= 0.6 is 0 Å². The number of hydrogen-bond acceptors (Lipinski definition) is 5. The zero-order valence-corrected chi connectivity index (χ0v) is 18.7. The van der Waals surface area contributed by atoms with Gasteiger partial charge in [0.15, 0.2) is 5.65 Å². The van der Waals surface area contributed by atoms with E-state index in [4.69, 9.17) is 0 Å². The van der Waals surface area contributed by atoms with Gasteiger partial charge in [0.25, 0.3) is 0 Å². The Labute approximate surface area is 190 Å². The molecule has 9 heteroatoms. The minimum Gasteiger partial charge on any atom is -0.322 e. The van der Waals surface area contributed by atoms with Crippen molar-refractivity contribution in [1.29, 1.82) is 0 Å². The maximum Gasteiger partial charge on any atom is 0.246 e. The monoisotopic (exact) mass is 440 g/mol. The number of carbonyl (C=O) groups is 1. The molecular weight excluding hydrogens is 416 g/mol. The Balaban J connectivity index is 1.33. The number of rotatable bonds is 6. The number of aromatic nitrogens is 7. The highest BCUT2D eigenvalue weighted by Crippen LogP contribution is 2.29. The Morgan fingerprint density at radius 2 is 1.85 bits per heavy atom. The van der Waals surface area contributed by atoms with E-state index in [1.54, 1.807) is 26.4 Å². The smallest absolute Gasteiger partial charge is 0.246 e. The number of benzene rings is 1. The molecule has 0 spiro atoms. The summed E-state index contributed by atoms with van der Waals surface area (Å²) in [7, 11) is 1.89. The molecule has 4 aromatic heterocycles. The van der Waals surface area contributed by atoms with E-state index in [1.165, 1.54) is 0 Å². The van der Waals surface area contributed by atoms with Crippen LogP contribution in [0.3, 0.4) is 0 Å². The molecule has 1 N–H and O–H groups in total. The molecule has 0 radical (unpaired) electrons. The predicted molar refractivity (Wildman–Crippen MR) is 126 cm³/mol. The second-order valence-corrected chi connectivity index (χ2v) is 8.05. The number of fused-ring (bicyclic) bond motifs is 1. The number of carbonyl (C=O) groups excluding carboxylic acids is 1. The molecule has 1 aromatic carbocycles. The van der Waals surface area contributed by atoms with Crippen LogP contribution in [0.2, 0.25) is 0 Å². The van der Waals surface area contributed by atoms with E-state index in [0.717, 1.165) is 33.5 Å². The lowest BCUT2D eigenvalue weighted by Gasteiger charge is -2.06. The number of anilines is 1. The average molecular weight is 441 g/mol. The van der Waals surface area contributed by atoms with Crippen molar-refractivity contribution >= 4 is 22.6 Å². The lowest BCUT2D eigenvalue weighted by atomic mass is 10.0. The Kier molecular flexibility index (Phi) is 5.21. The number of aryl methyl sites for hydroxylation is 3. The molecule has 0 unspecified atom stereocenters. The lowest BCUT2D eigenvalue weighted by Crippen LogP contribution is -2.19. The highest BCUT2D eigenvalue weighted by atomic mass is 16.2. The lowest BCUT2D eigenvalue weighted by molar-refractivity contribution is -0.116.